The van der Waals surface area contributed by atoms with Gasteiger partial charge in [0, 0.05) is 127 Å². The summed E-state index contributed by atoms with van der Waals surface area (Å²) in [4.78, 5) is 340. The van der Waals surface area contributed by atoms with Crippen molar-refractivity contribution >= 4 is 177 Å². The van der Waals surface area contributed by atoms with Crippen molar-refractivity contribution in [3.63, 3.8) is 0 Å². The SMILES string of the molecule is CC(=O)OC(C)C(=O)OCC(=O)N(C)CC(=O)C(C)(C)C.CC(=O)OC(C)C(=O)OCC(=O)NCC(=O)C(C)(C)C.CC(=O)OCC(=O)N(C)CC(=O)C(C)(C)C.CC(=O)OCC(=O)NCC(=O)C(C)(C)C.CC(=O)OCC(=O)OCC(=O)N(C)CC(=O)C(C)(C)C.CC(=O)OCC(=O)OCC(=O)N(C)CC(=O)C(C)(C)C.CC(=O)OCC(=O)OCC(=O)NCC(=O)C(C)(C)C.CC(=O)OCC(=O)OCC(=O)NCC(=O)C(C)(C)C. The molecular weight excluding hydrogens is 1990 g/mol. The number of nitrogens with zero attached hydrogens (tertiary/aromatic N) is 4. The molecule has 2 unspecified atom stereocenters. The standard InChI is InChI=1S/C14H23NO6.3C13H21NO6.2C12H19NO6.C11H19NO4.C10H17NO4/c1-9(21-10(2)16)13(19)20-8-12(18)15(6)7-11(17)14(3,4)5;2*1-9(15)19-8-12(18)20-7-11(17)14(5)6-10(16)13(2,3)4;1-8(20-9(2)15)12(18)19-7-11(17)14-6-10(16)13(3,4)5;2*1-8(14)18-7-11(17)19-6-10(16)13-5-9(15)12(2,3)4;1-8(13)16-7-10(15)12(5)6-9(14)11(2,3)4;1-7(12)15-6-9(14)11-5-8(13)10(2,3)4/h9H,7-8H2,1-6H3;2*6-8H2,1-5H3;8H,6-7H2,1-5H3,(H,14,17);2*5-7H2,1-4H3,(H,13,16);6-7H2,1-5H3;5-6H2,1-4H3,(H,11,14). The van der Waals surface area contributed by atoms with E-state index in [1.807, 2.05) is 0 Å². The van der Waals surface area contributed by atoms with E-state index in [0.29, 0.717) is 0 Å². The number of ketones is 8. The number of nitrogens with one attached hydrogen (secondary N) is 4. The van der Waals surface area contributed by atoms with Crippen LogP contribution in [0.5, 0.6) is 0 Å². The zero-order valence-electron chi connectivity index (χ0n) is 94.0. The van der Waals surface area contributed by atoms with Crippen LogP contribution in [0, 0.1) is 43.3 Å². The molecule has 2 atom stereocenters. The minimum absolute atomic E-state index is 0.0313. The van der Waals surface area contributed by atoms with Crippen LogP contribution in [0.25, 0.3) is 0 Å². The zero-order chi connectivity index (χ0) is 120. The van der Waals surface area contributed by atoms with E-state index in [1.165, 1.54) is 82.4 Å². The summed E-state index contributed by atoms with van der Waals surface area (Å²) in [6.45, 7) is 47.8. The molecule has 4 N–H and O–H groups in total. The average molecular weight is 2150 g/mol. The Balaban J connectivity index is -0.000000257. The molecule has 0 aliphatic carbocycles. The van der Waals surface area contributed by atoms with E-state index in [9.17, 15) is 144 Å². The maximum absolute atomic E-state index is 11.8. The molecule has 0 aliphatic rings. The molecule has 0 rings (SSSR count). The average Bonchev–Trinajstić information content (AvgIpc) is 0.896. The highest BCUT2D eigenvalue weighted by Crippen LogP contribution is 2.21. The van der Waals surface area contributed by atoms with Gasteiger partial charge in [-0.25, -0.2) is 28.8 Å². The molecule has 52 heteroatoms. The summed E-state index contributed by atoms with van der Waals surface area (Å²) in [7, 11) is 5.86. The van der Waals surface area contributed by atoms with Crippen LogP contribution in [0.2, 0.25) is 0 Å². The second kappa shape index (κ2) is 74.6. The lowest BCUT2D eigenvalue weighted by atomic mass is 9.90. The van der Waals surface area contributed by atoms with Crippen LogP contribution in [0.3, 0.4) is 0 Å². The summed E-state index contributed by atoms with van der Waals surface area (Å²) in [5.74, 6) is -14.6. The number of amides is 8. The van der Waals surface area contributed by atoms with Crippen LogP contribution in [0.4, 0.5) is 0 Å². The van der Waals surface area contributed by atoms with Gasteiger partial charge in [0.2, 0.25) is 0 Å². The Morgan fingerprint density at radius 2 is 0.333 bits per heavy atom. The van der Waals surface area contributed by atoms with Gasteiger partial charge in [-0.2, -0.15) is 0 Å². The fourth-order valence-corrected chi connectivity index (χ4v) is 7.40. The van der Waals surface area contributed by atoms with Gasteiger partial charge in [-0.15, -0.1) is 0 Å². The van der Waals surface area contributed by atoms with Crippen molar-refractivity contribution in [1.29, 1.82) is 0 Å². The van der Waals surface area contributed by atoms with Crippen LogP contribution in [0.15, 0.2) is 0 Å². The van der Waals surface area contributed by atoms with Crippen LogP contribution < -0.4 is 21.3 Å². The van der Waals surface area contributed by atoms with Gasteiger partial charge < -0.3 is 107 Å². The van der Waals surface area contributed by atoms with Crippen molar-refractivity contribution in [2.24, 2.45) is 43.3 Å². The first kappa shape index (κ1) is 151. The molecule has 52 nitrogen and oxygen atoms in total. The van der Waals surface area contributed by atoms with Gasteiger partial charge in [0.1, 0.15) is 0 Å². The lowest BCUT2D eigenvalue weighted by molar-refractivity contribution is -0.167. The molecule has 0 saturated carbocycles. The molecule has 150 heavy (non-hydrogen) atoms. The smallest absolute Gasteiger partial charge is 0.347 e. The topological polar surface area (TPSA) is 702 Å². The Hall–Kier alpha value is -14.3. The summed E-state index contributed by atoms with van der Waals surface area (Å²) in [6, 6.07) is 0. The molecule has 0 heterocycles. The van der Waals surface area contributed by atoms with E-state index in [1.54, 1.807) is 166 Å². The van der Waals surface area contributed by atoms with Crippen LogP contribution >= 0.6 is 0 Å². The molecule has 0 aromatic rings. The first-order valence-electron chi connectivity index (χ1n) is 46.1. The van der Waals surface area contributed by atoms with E-state index in [0.717, 1.165) is 34.6 Å². The van der Waals surface area contributed by atoms with Gasteiger partial charge >= 0.3 is 83.6 Å². The normalized spacial score (nSPS) is 11.1. The Morgan fingerprint density at radius 1 is 0.193 bits per heavy atom. The maximum Gasteiger partial charge on any atom is 0.347 e. The highest BCUT2D eigenvalue weighted by atomic mass is 16.6. The van der Waals surface area contributed by atoms with Crippen LogP contribution in [-0.2, 0) is 210 Å². The molecule has 0 saturated heterocycles. The van der Waals surface area contributed by atoms with Gasteiger partial charge in [-0.3, -0.25) is 115 Å². The highest BCUT2D eigenvalue weighted by molar-refractivity contribution is 5.96. The van der Waals surface area contributed by atoms with Gasteiger partial charge in [0.05, 0.1) is 52.4 Å². The molecule has 0 aliphatic heterocycles. The Morgan fingerprint density at radius 3 is 0.507 bits per heavy atom. The first-order chi connectivity index (χ1) is 67.7. The van der Waals surface area contributed by atoms with Crippen molar-refractivity contribution < 1.29 is 210 Å². The largest absolute Gasteiger partial charge is 0.456 e. The molecule has 0 aromatic heterocycles. The predicted octanol–water partition coefficient (Wildman–Crippen LogP) is 1.65. The van der Waals surface area contributed by atoms with Gasteiger partial charge in [-0.1, -0.05) is 166 Å². The third-order valence-electron chi connectivity index (χ3n) is 17.6. The summed E-state index contributed by atoms with van der Waals surface area (Å²) in [5.41, 5.74) is -4.22. The van der Waals surface area contributed by atoms with Gasteiger partial charge in [-0.05, 0) is 13.8 Å². The lowest BCUT2D eigenvalue weighted by Gasteiger charge is -2.22. The molecular formula is C98H160N8O44. The maximum atomic E-state index is 11.8. The number of hydrogen-bond acceptors (Lipinski definition) is 44. The number of ether oxygens (including phenoxy) is 14. The highest BCUT2D eigenvalue weighted by Gasteiger charge is 2.32. The third kappa shape index (κ3) is 90.0. The van der Waals surface area contributed by atoms with E-state index in [-0.39, 0.29) is 118 Å². The van der Waals surface area contributed by atoms with E-state index in [2.05, 4.69) is 82.8 Å². The Kier molecular flexibility index (Phi) is 75.1. The van der Waals surface area contributed by atoms with Crippen molar-refractivity contribution in [3.05, 3.63) is 0 Å². The third-order valence-corrected chi connectivity index (χ3v) is 17.6. The quantitative estimate of drug-likeness (QED) is 0.0498. The minimum Gasteiger partial charge on any atom is -0.456 e. The Labute approximate surface area is 875 Å². The molecule has 856 valence electrons. The number of carbonyl (C=O) groups is 30. The fraction of sp³-hybridized carbons (Fsp3) is 0.694. The second-order valence-electron chi connectivity index (χ2n) is 40.5. The van der Waals surface area contributed by atoms with Crippen molar-refractivity contribution in [3.8, 4) is 0 Å². The van der Waals surface area contributed by atoms with Gasteiger partial charge in [0.15, 0.2) is 138 Å². The number of esters is 14. The van der Waals surface area contributed by atoms with E-state index < -0.39 is 247 Å². The molecule has 0 radical (unpaired) electrons. The minimum atomic E-state index is -1.07. The van der Waals surface area contributed by atoms with Gasteiger partial charge in [0.25, 0.3) is 47.3 Å². The number of likely N-dealkylation sites (N-methyl/N-ethyl adjacent to an activating group) is 4. The molecule has 0 aromatic carbocycles. The monoisotopic (exact) mass is 2150 g/mol. The second-order valence-corrected chi connectivity index (χ2v) is 40.5. The van der Waals surface area contributed by atoms with E-state index >= 15 is 0 Å². The number of carbonyl (C=O) groups excluding carboxylic acids is 30. The Bertz CT molecular complexity index is 4460. The fourth-order valence-electron chi connectivity index (χ4n) is 7.40. The number of hydrogen-bond donors (Lipinski definition) is 4. The van der Waals surface area contributed by atoms with Crippen molar-refractivity contribution in [2.75, 3.05) is 160 Å². The predicted molar refractivity (Wildman–Crippen MR) is 526 cm³/mol. The molecule has 0 fully saturated rings. The van der Waals surface area contributed by atoms with Crippen LogP contribution in [0.1, 0.15) is 235 Å². The summed E-state index contributed by atoms with van der Waals surface area (Å²) < 4.78 is 63.5. The van der Waals surface area contributed by atoms with E-state index in [4.69, 9.17) is 4.74 Å². The summed E-state index contributed by atoms with van der Waals surface area (Å²) >= 11 is 0. The lowest BCUT2D eigenvalue weighted by Crippen LogP contribution is -2.39. The van der Waals surface area contributed by atoms with Crippen molar-refractivity contribution in [1.82, 2.24) is 40.9 Å². The first-order valence-corrected chi connectivity index (χ1v) is 46.1. The molecule has 0 spiro atoms. The van der Waals surface area contributed by atoms with Crippen molar-refractivity contribution in [2.45, 2.75) is 248 Å². The summed E-state index contributed by atoms with van der Waals surface area (Å²) in [5, 5.41) is 9.40. The summed E-state index contributed by atoms with van der Waals surface area (Å²) in [6.07, 6.45) is -2.15. The molecule has 8 amide bonds. The number of Topliss-reactive ketones (excluding diaryl/α,β-unsaturated/α-hetero) is 8. The zero-order valence-corrected chi connectivity index (χ0v) is 94.0. The molecule has 0 bridgehead atoms. The number of rotatable bonds is 44. The van der Waals surface area contributed by atoms with Crippen LogP contribution in [-0.4, -0.2) is 369 Å².